The van der Waals surface area contributed by atoms with Crippen molar-refractivity contribution in [2.24, 2.45) is 0 Å². The van der Waals surface area contributed by atoms with Gasteiger partial charge in [0.15, 0.2) is 11.6 Å². The summed E-state index contributed by atoms with van der Waals surface area (Å²) in [6.07, 6.45) is 0. The average Bonchev–Trinajstić information content (AvgIpc) is 3.71. The number of nitrogens with zero attached hydrogens (tertiary/aromatic N) is 8. The summed E-state index contributed by atoms with van der Waals surface area (Å²) >= 11 is 0. The summed E-state index contributed by atoms with van der Waals surface area (Å²) in [5.74, 6) is 2.69. The van der Waals surface area contributed by atoms with Crippen LogP contribution in [0.1, 0.15) is 0 Å². The smallest absolute Gasteiger partial charge is 0.238 e. The van der Waals surface area contributed by atoms with Crippen LogP contribution in [0.2, 0.25) is 0 Å². The first kappa shape index (κ1) is 28.0. The predicted octanol–water partition coefficient (Wildman–Crippen LogP) is 9.25. The Hall–Kier alpha value is -7.06. The molecule has 0 unspecified atom stereocenters. The van der Waals surface area contributed by atoms with Crippen molar-refractivity contribution in [3.05, 3.63) is 158 Å². The van der Waals surface area contributed by atoms with E-state index >= 15 is 0 Å². The molecule has 8 heteroatoms. The Kier molecular flexibility index (Phi) is 6.32. The lowest BCUT2D eigenvalue weighted by atomic mass is 10.2. The number of para-hydroxylation sites is 4. The van der Waals surface area contributed by atoms with E-state index in [1.165, 1.54) is 0 Å². The fraction of sp³-hybridized carbons (Fsp3) is 0. The van der Waals surface area contributed by atoms with Crippen molar-refractivity contribution in [1.82, 2.24) is 39.0 Å². The Morgan fingerprint density at radius 3 is 0.880 bits per heavy atom. The van der Waals surface area contributed by atoms with Crippen LogP contribution in [-0.4, -0.2) is 39.0 Å². The summed E-state index contributed by atoms with van der Waals surface area (Å²) in [7, 11) is 0. The number of benzene rings is 6. The highest BCUT2D eigenvalue weighted by atomic mass is 15.2. The van der Waals surface area contributed by atoms with Crippen LogP contribution in [0.3, 0.4) is 0 Å². The van der Waals surface area contributed by atoms with E-state index < -0.39 is 0 Å². The summed E-state index contributed by atoms with van der Waals surface area (Å²) in [6, 6.07) is 53.2. The molecule has 0 amide bonds. The van der Waals surface area contributed by atoms with Crippen LogP contribution in [-0.2, 0) is 0 Å². The largest absolute Gasteiger partial charge is 0.278 e. The first-order valence-electron chi connectivity index (χ1n) is 16.4. The second kappa shape index (κ2) is 11.3. The molecular weight excluding hydrogens is 617 g/mol. The lowest BCUT2D eigenvalue weighted by molar-refractivity contribution is 0.911. The van der Waals surface area contributed by atoms with Crippen molar-refractivity contribution < 1.29 is 0 Å². The normalized spacial score (nSPS) is 11.6. The highest BCUT2D eigenvalue weighted by Gasteiger charge is 2.22. The molecule has 0 saturated heterocycles. The molecule has 0 saturated carbocycles. The van der Waals surface area contributed by atoms with E-state index in [1.807, 2.05) is 84.9 Å². The molecule has 0 spiro atoms. The molecule has 50 heavy (non-hydrogen) atoms. The van der Waals surface area contributed by atoms with Gasteiger partial charge in [0.2, 0.25) is 23.5 Å². The minimum atomic E-state index is 0.345. The zero-order chi connectivity index (χ0) is 33.0. The van der Waals surface area contributed by atoms with E-state index in [0.29, 0.717) is 35.2 Å². The summed E-state index contributed by atoms with van der Waals surface area (Å²) in [4.78, 5) is 30.5. The van der Waals surface area contributed by atoms with Crippen LogP contribution in [0.15, 0.2) is 158 Å². The third-order valence-electron chi connectivity index (χ3n) is 9.07. The van der Waals surface area contributed by atoms with Gasteiger partial charge < -0.3 is 0 Å². The summed E-state index contributed by atoms with van der Waals surface area (Å²) in [5.41, 5.74) is 5.71. The fourth-order valence-corrected chi connectivity index (χ4v) is 6.84. The molecule has 0 radical (unpaired) electrons. The van der Waals surface area contributed by atoms with Crippen molar-refractivity contribution in [2.45, 2.75) is 0 Å². The van der Waals surface area contributed by atoms with Gasteiger partial charge in [0.1, 0.15) is 0 Å². The maximum atomic E-state index is 5.13. The second-order valence-electron chi connectivity index (χ2n) is 12.0. The molecule has 10 rings (SSSR count). The van der Waals surface area contributed by atoms with E-state index in [-0.39, 0.29) is 0 Å². The number of rotatable bonds is 5. The van der Waals surface area contributed by atoms with Gasteiger partial charge in [-0.3, -0.25) is 9.13 Å². The third kappa shape index (κ3) is 4.47. The van der Waals surface area contributed by atoms with Gasteiger partial charge in [-0.25, -0.2) is 9.97 Å². The van der Waals surface area contributed by atoms with Gasteiger partial charge in [0.05, 0.1) is 22.1 Å². The standard InChI is InChI=1S/C42H26N8/c1-3-15-27(16-4-1)37-43-39(47-41(45-37)49-33-23-11-7-19-29(33)30-20-8-12-24-34(30)49)40-44-38(28-17-5-2-6-18-28)46-42(48-40)50-35-25-13-9-21-31(35)32-22-10-14-26-36(32)50/h1-26H. The van der Waals surface area contributed by atoms with E-state index in [0.717, 1.165) is 54.7 Å². The van der Waals surface area contributed by atoms with Gasteiger partial charge >= 0.3 is 0 Å². The molecule has 0 N–H and O–H groups in total. The summed E-state index contributed by atoms with van der Waals surface area (Å²) < 4.78 is 4.19. The van der Waals surface area contributed by atoms with Gasteiger partial charge in [0.25, 0.3) is 0 Å². The van der Waals surface area contributed by atoms with Crippen LogP contribution in [0.5, 0.6) is 0 Å². The molecular formula is C42H26N8. The van der Waals surface area contributed by atoms with Crippen molar-refractivity contribution in [3.63, 3.8) is 0 Å². The lowest BCUT2D eigenvalue weighted by Crippen LogP contribution is -2.10. The molecule has 234 valence electrons. The molecule has 8 nitrogen and oxygen atoms in total. The third-order valence-corrected chi connectivity index (χ3v) is 9.07. The number of aromatic nitrogens is 8. The second-order valence-corrected chi connectivity index (χ2v) is 12.0. The molecule has 10 aromatic rings. The minimum absolute atomic E-state index is 0.345. The van der Waals surface area contributed by atoms with Gasteiger partial charge in [-0.2, -0.15) is 19.9 Å². The Morgan fingerprint density at radius 2 is 0.540 bits per heavy atom. The summed E-state index contributed by atoms with van der Waals surface area (Å²) in [6.45, 7) is 0. The Bertz CT molecular complexity index is 2570. The topological polar surface area (TPSA) is 87.2 Å². The summed E-state index contributed by atoms with van der Waals surface area (Å²) in [5, 5.41) is 4.47. The van der Waals surface area contributed by atoms with Gasteiger partial charge in [-0.05, 0) is 24.3 Å². The maximum absolute atomic E-state index is 5.13. The van der Waals surface area contributed by atoms with Crippen molar-refractivity contribution in [1.29, 1.82) is 0 Å². The van der Waals surface area contributed by atoms with Crippen LogP contribution in [0.25, 0.3) is 89.9 Å². The highest BCUT2D eigenvalue weighted by Crippen LogP contribution is 2.34. The van der Waals surface area contributed by atoms with Crippen LogP contribution >= 0.6 is 0 Å². The Balaban J connectivity index is 1.28. The van der Waals surface area contributed by atoms with Crippen LogP contribution < -0.4 is 0 Å². The Labute approximate surface area is 286 Å². The minimum Gasteiger partial charge on any atom is -0.278 e. The maximum Gasteiger partial charge on any atom is 0.238 e. The zero-order valence-corrected chi connectivity index (χ0v) is 26.6. The lowest BCUT2D eigenvalue weighted by Gasteiger charge is -2.12. The molecule has 4 heterocycles. The average molecular weight is 643 g/mol. The quantitative estimate of drug-likeness (QED) is 0.186. The van der Waals surface area contributed by atoms with Crippen molar-refractivity contribution in [3.8, 4) is 46.3 Å². The molecule has 0 aliphatic heterocycles. The molecule has 6 aromatic carbocycles. The first-order chi connectivity index (χ1) is 24.8. The van der Waals surface area contributed by atoms with Gasteiger partial charge in [-0.1, -0.05) is 133 Å². The monoisotopic (exact) mass is 642 g/mol. The SMILES string of the molecule is c1ccc(-c2nc(-c3nc(-c4ccccc4)nc(-n4c5ccccc5c5ccccc54)n3)nc(-n3c4ccccc4c4ccccc43)n2)cc1. The van der Waals surface area contributed by atoms with Gasteiger partial charge in [0, 0.05) is 32.7 Å². The fourth-order valence-electron chi connectivity index (χ4n) is 6.84. The predicted molar refractivity (Wildman–Crippen MR) is 198 cm³/mol. The van der Waals surface area contributed by atoms with Crippen molar-refractivity contribution in [2.75, 3.05) is 0 Å². The Morgan fingerprint density at radius 1 is 0.260 bits per heavy atom. The van der Waals surface area contributed by atoms with Crippen molar-refractivity contribution >= 4 is 43.6 Å². The highest BCUT2D eigenvalue weighted by molar-refractivity contribution is 6.10. The van der Waals surface area contributed by atoms with E-state index in [1.54, 1.807) is 0 Å². The number of hydrogen-bond acceptors (Lipinski definition) is 6. The molecule has 0 fully saturated rings. The zero-order valence-electron chi connectivity index (χ0n) is 26.6. The van der Waals surface area contributed by atoms with E-state index in [4.69, 9.17) is 29.9 Å². The van der Waals surface area contributed by atoms with Gasteiger partial charge in [-0.15, -0.1) is 0 Å². The molecule has 0 aliphatic carbocycles. The van der Waals surface area contributed by atoms with Crippen LogP contribution in [0, 0.1) is 0 Å². The van der Waals surface area contributed by atoms with E-state index in [9.17, 15) is 0 Å². The van der Waals surface area contributed by atoms with Crippen LogP contribution in [0.4, 0.5) is 0 Å². The molecule has 0 aliphatic rings. The number of fused-ring (bicyclic) bond motifs is 6. The number of hydrogen-bond donors (Lipinski definition) is 0. The first-order valence-corrected chi connectivity index (χ1v) is 16.4. The van der Waals surface area contributed by atoms with E-state index in [2.05, 4.69) is 81.9 Å². The molecule has 0 bridgehead atoms. The molecule has 4 aromatic heterocycles. The molecule has 0 atom stereocenters.